The Morgan fingerprint density at radius 2 is 1.71 bits per heavy atom. The Kier molecular flexibility index (Phi) is 4.37. The molecule has 1 aliphatic rings. The van der Waals surface area contributed by atoms with Crippen molar-refractivity contribution >= 4 is 0 Å². The first-order valence-corrected chi connectivity index (χ1v) is 7.66. The van der Waals surface area contributed by atoms with Crippen LogP contribution in [0.3, 0.4) is 0 Å². The van der Waals surface area contributed by atoms with Crippen LogP contribution in [0.2, 0.25) is 0 Å². The number of hydrogen-bond acceptors (Lipinski definition) is 2. The predicted octanol–water partition coefficient (Wildman–Crippen LogP) is 3.74. The second kappa shape index (κ2) is 6.42. The molecule has 21 heavy (non-hydrogen) atoms. The van der Waals surface area contributed by atoms with E-state index in [0.29, 0.717) is 5.92 Å². The molecule has 0 aromatic heterocycles. The standard InChI is InChI=1S/C19H22O2/c1-14-11-12-21-19(14)18(20)17-9-7-16(8-10-17)13-15-5-3-2-4-6-15/h2-10,14,18-20H,11-13H2,1H3. The first kappa shape index (κ1) is 14.3. The van der Waals surface area contributed by atoms with Crippen molar-refractivity contribution in [2.24, 2.45) is 5.92 Å². The number of aliphatic hydroxyl groups is 1. The minimum atomic E-state index is -0.520. The molecule has 2 aromatic rings. The molecule has 0 radical (unpaired) electrons. The maximum absolute atomic E-state index is 10.4. The molecule has 0 amide bonds. The maximum Gasteiger partial charge on any atom is 0.105 e. The van der Waals surface area contributed by atoms with Gasteiger partial charge in [-0.2, -0.15) is 0 Å². The molecule has 0 bridgehead atoms. The van der Waals surface area contributed by atoms with E-state index in [0.717, 1.165) is 25.0 Å². The van der Waals surface area contributed by atoms with Gasteiger partial charge in [0, 0.05) is 6.61 Å². The normalized spacial score (nSPS) is 23.1. The quantitative estimate of drug-likeness (QED) is 0.925. The van der Waals surface area contributed by atoms with E-state index >= 15 is 0 Å². The van der Waals surface area contributed by atoms with Gasteiger partial charge in [0.25, 0.3) is 0 Å². The van der Waals surface area contributed by atoms with Crippen LogP contribution in [0.1, 0.15) is 36.1 Å². The summed E-state index contributed by atoms with van der Waals surface area (Å²) in [7, 11) is 0. The molecule has 0 spiro atoms. The van der Waals surface area contributed by atoms with E-state index in [9.17, 15) is 5.11 Å². The van der Waals surface area contributed by atoms with Crippen LogP contribution in [-0.2, 0) is 11.2 Å². The van der Waals surface area contributed by atoms with Gasteiger partial charge in [-0.25, -0.2) is 0 Å². The third-order valence-electron chi connectivity index (χ3n) is 4.33. The molecule has 3 rings (SSSR count). The van der Waals surface area contributed by atoms with Crippen molar-refractivity contribution in [2.45, 2.75) is 32.0 Å². The van der Waals surface area contributed by atoms with E-state index in [1.807, 2.05) is 18.2 Å². The number of ether oxygens (including phenoxy) is 1. The highest BCUT2D eigenvalue weighted by molar-refractivity contribution is 5.30. The molecule has 2 heteroatoms. The molecular formula is C19H22O2. The van der Waals surface area contributed by atoms with Crippen LogP contribution in [0, 0.1) is 5.92 Å². The lowest BCUT2D eigenvalue weighted by atomic mass is 9.93. The van der Waals surface area contributed by atoms with Gasteiger partial charge in [-0.15, -0.1) is 0 Å². The van der Waals surface area contributed by atoms with Crippen molar-refractivity contribution in [2.75, 3.05) is 6.61 Å². The van der Waals surface area contributed by atoms with Crippen LogP contribution in [0.4, 0.5) is 0 Å². The Labute approximate surface area is 126 Å². The van der Waals surface area contributed by atoms with Crippen LogP contribution in [0.15, 0.2) is 54.6 Å². The fourth-order valence-corrected chi connectivity index (χ4v) is 2.97. The van der Waals surface area contributed by atoms with E-state index in [-0.39, 0.29) is 6.10 Å². The summed E-state index contributed by atoms with van der Waals surface area (Å²) in [5.41, 5.74) is 3.52. The summed E-state index contributed by atoms with van der Waals surface area (Å²) in [6, 6.07) is 18.7. The van der Waals surface area contributed by atoms with Crippen LogP contribution in [0.25, 0.3) is 0 Å². The number of hydrogen-bond donors (Lipinski definition) is 1. The lowest BCUT2D eigenvalue weighted by molar-refractivity contribution is -0.0178. The fourth-order valence-electron chi connectivity index (χ4n) is 2.97. The predicted molar refractivity (Wildman–Crippen MR) is 84.2 cm³/mol. The van der Waals surface area contributed by atoms with E-state index in [2.05, 4.69) is 43.3 Å². The van der Waals surface area contributed by atoms with Crippen LogP contribution in [-0.4, -0.2) is 17.8 Å². The highest BCUT2D eigenvalue weighted by Crippen LogP contribution is 2.31. The van der Waals surface area contributed by atoms with Crippen LogP contribution in [0.5, 0.6) is 0 Å². The molecule has 1 N–H and O–H groups in total. The first-order chi connectivity index (χ1) is 10.2. The summed E-state index contributed by atoms with van der Waals surface area (Å²) in [4.78, 5) is 0. The van der Waals surface area contributed by atoms with Crippen molar-refractivity contribution in [3.63, 3.8) is 0 Å². The zero-order valence-electron chi connectivity index (χ0n) is 12.4. The molecule has 110 valence electrons. The molecule has 2 nitrogen and oxygen atoms in total. The Morgan fingerprint density at radius 1 is 1.05 bits per heavy atom. The average molecular weight is 282 g/mol. The monoisotopic (exact) mass is 282 g/mol. The topological polar surface area (TPSA) is 29.5 Å². The Balaban J connectivity index is 1.69. The highest BCUT2D eigenvalue weighted by Gasteiger charge is 2.31. The summed E-state index contributed by atoms with van der Waals surface area (Å²) in [6.45, 7) is 2.90. The summed E-state index contributed by atoms with van der Waals surface area (Å²) >= 11 is 0. The lowest BCUT2D eigenvalue weighted by Gasteiger charge is -2.21. The molecule has 3 unspecified atom stereocenters. The third-order valence-corrected chi connectivity index (χ3v) is 4.33. The largest absolute Gasteiger partial charge is 0.386 e. The highest BCUT2D eigenvalue weighted by atomic mass is 16.5. The van der Waals surface area contributed by atoms with Gasteiger partial charge in [0.1, 0.15) is 6.10 Å². The van der Waals surface area contributed by atoms with Crippen molar-refractivity contribution < 1.29 is 9.84 Å². The molecule has 1 aliphatic heterocycles. The molecule has 0 aliphatic carbocycles. The average Bonchev–Trinajstić information content (AvgIpc) is 2.94. The fraction of sp³-hybridized carbons (Fsp3) is 0.368. The van der Waals surface area contributed by atoms with Crippen molar-refractivity contribution in [1.82, 2.24) is 0 Å². The Bertz CT molecular complexity index is 562. The van der Waals surface area contributed by atoms with E-state index in [4.69, 9.17) is 4.74 Å². The molecular weight excluding hydrogens is 260 g/mol. The number of rotatable bonds is 4. The van der Waals surface area contributed by atoms with Gasteiger partial charge < -0.3 is 9.84 Å². The van der Waals surface area contributed by atoms with Gasteiger partial charge >= 0.3 is 0 Å². The first-order valence-electron chi connectivity index (χ1n) is 7.66. The van der Waals surface area contributed by atoms with Gasteiger partial charge in [0.2, 0.25) is 0 Å². The zero-order valence-corrected chi connectivity index (χ0v) is 12.4. The van der Waals surface area contributed by atoms with Crippen LogP contribution >= 0.6 is 0 Å². The van der Waals surface area contributed by atoms with Crippen LogP contribution < -0.4 is 0 Å². The SMILES string of the molecule is CC1CCOC1C(O)c1ccc(Cc2ccccc2)cc1. The van der Waals surface area contributed by atoms with Gasteiger partial charge in [-0.05, 0) is 35.4 Å². The lowest BCUT2D eigenvalue weighted by Crippen LogP contribution is -2.22. The maximum atomic E-state index is 10.4. The second-order valence-electron chi connectivity index (χ2n) is 5.95. The van der Waals surface area contributed by atoms with E-state index in [1.54, 1.807) is 0 Å². The van der Waals surface area contributed by atoms with E-state index < -0.39 is 6.10 Å². The van der Waals surface area contributed by atoms with E-state index in [1.165, 1.54) is 11.1 Å². The second-order valence-corrected chi connectivity index (χ2v) is 5.95. The molecule has 1 saturated heterocycles. The minimum absolute atomic E-state index is 0.0648. The number of aliphatic hydroxyl groups excluding tert-OH is 1. The zero-order chi connectivity index (χ0) is 14.7. The van der Waals surface area contributed by atoms with Crippen molar-refractivity contribution in [3.8, 4) is 0 Å². The summed E-state index contributed by atoms with van der Waals surface area (Å²) in [6.07, 6.45) is 1.37. The van der Waals surface area contributed by atoms with Gasteiger partial charge in [-0.3, -0.25) is 0 Å². The number of benzene rings is 2. The minimum Gasteiger partial charge on any atom is -0.386 e. The summed E-state index contributed by atoms with van der Waals surface area (Å²) in [5.74, 6) is 0.420. The third kappa shape index (κ3) is 3.34. The molecule has 1 fully saturated rings. The summed E-state index contributed by atoms with van der Waals surface area (Å²) < 4.78 is 5.66. The molecule has 0 saturated carbocycles. The van der Waals surface area contributed by atoms with Gasteiger partial charge in [0.15, 0.2) is 0 Å². The van der Waals surface area contributed by atoms with Crippen molar-refractivity contribution in [3.05, 3.63) is 71.3 Å². The smallest absolute Gasteiger partial charge is 0.105 e. The summed E-state index contributed by atoms with van der Waals surface area (Å²) in [5, 5.41) is 10.4. The molecule has 2 aromatic carbocycles. The molecule has 1 heterocycles. The van der Waals surface area contributed by atoms with Gasteiger partial charge in [0.05, 0.1) is 6.10 Å². The Morgan fingerprint density at radius 3 is 2.33 bits per heavy atom. The Hall–Kier alpha value is -1.64. The van der Waals surface area contributed by atoms with Gasteiger partial charge in [-0.1, -0.05) is 61.5 Å². The molecule has 3 atom stereocenters. The van der Waals surface area contributed by atoms with Crippen molar-refractivity contribution in [1.29, 1.82) is 0 Å².